The highest BCUT2D eigenvalue weighted by molar-refractivity contribution is 6.42. The summed E-state index contributed by atoms with van der Waals surface area (Å²) in [5, 5.41) is 4.64. The van der Waals surface area contributed by atoms with Gasteiger partial charge in [-0.15, -0.1) is 0 Å². The molecule has 0 fully saturated rings. The molecule has 0 saturated carbocycles. The minimum atomic E-state index is 0.128. The van der Waals surface area contributed by atoms with E-state index < -0.39 is 0 Å². The van der Waals surface area contributed by atoms with Gasteiger partial charge in [-0.1, -0.05) is 47.5 Å². The van der Waals surface area contributed by atoms with Gasteiger partial charge >= 0.3 is 0 Å². The molecule has 0 amide bonds. The number of benzene rings is 2. The summed E-state index contributed by atoms with van der Waals surface area (Å²) in [6.07, 6.45) is 0. The van der Waals surface area contributed by atoms with Gasteiger partial charge in [0.2, 0.25) is 0 Å². The normalized spacial score (nSPS) is 12.2. The minimum absolute atomic E-state index is 0.128. The van der Waals surface area contributed by atoms with Crippen LogP contribution in [0.1, 0.15) is 24.1 Å². The Kier molecular flexibility index (Phi) is 5.30. The summed E-state index contributed by atoms with van der Waals surface area (Å²) in [5.74, 6) is 0.861. The van der Waals surface area contributed by atoms with Crippen molar-refractivity contribution in [2.24, 2.45) is 0 Å². The van der Waals surface area contributed by atoms with Crippen molar-refractivity contribution in [2.45, 2.75) is 19.5 Å². The Hall–Kier alpha value is -1.22. The van der Waals surface area contributed by atoms with Crippen molar-refractivity contribution >= 4 is 23.2 Å². The lowest BCUT2D eigenvalue weighted by atomic mass is 10.1. The Balaban J connectivity index is 2.00. The Morgan fingerprint density at radius 3 is 2.45 bits per heavy atom. The van der Waals surface area contributed by atoms with E-state index in [2.05, 4.69) is 12.2 Å². The molecule has 1 atom stereocenters. The molecule has 0 aromatic heterocycles. The summed E-state index contributed by atoms with van der Waals surface area (Å²) in [6, 6.07) is 13.8. The number of halogens is 2. The van der Waals surface area contributed by atoms with Gasteiger partial charge in [0.05, 0.1) is 17.2 Å². The molecule has 0 radical (unpaired) electrons. The average molecular weight is 310 g/mol. The Morgan fingerprint density at radius 2 is 1.80 bits per heavy atom. The van der Waals surface area contributed by atoms with Crippen molar-refractivity contribution in [3.63, 3.8) is 0 Å². The van der Waals surface area contributed by atoms with E-state index in [1.54, 1.807) is 13.2 Å². The Morgan fingerprint density at radius 1 is 1.10 bits per heavy atom. The lowest BCUT2D eigenvalue weighted by molar-refractivity contribution is 0.414. The van der Waals surface area contributed by atoms with E-state index in [9.17, 15) is 0 Å². The van der Waals surface area contributed by atoms with Crippen molar-refractivity contribution in [3.8, 4) is 5.75 Å². The molecule has 0 aliphatic carbocycles. The second kappa shape index (κ2) is 6.98. The van der Waals surface area contributed by atoms with Gasteiger partial charge in [0.25, 0.3) is 0 Å². The SMILES string of the molecule is COc1ccc(CNC(C)c2cccc(Cl)c2Cl)cc1. The molecule has 2 rings (SSSR count). The number of rotatable bonds is 5. The standard InChI is InChI=1S/C16H17Cl2NO/c1-11(14-4-3-5-15(17)16(14)18)19-10-12-6-8-13(20-2)9-7-12/h3-9,11,19H,10H2,1-2H3. The Labute approximate surface area is 129 Å². The second-order valence-corrected chi connectivity index (χ2v) is 5.38. The largest absolute Gasteiger partial charge is 0.497 e. The molecule has 0 saturated heterocycles. The van der Waals surface area contributed by atoms with Crippen LogP contribution < -0.4 is 10.1 Å². The molecule has 0 aliphatic rings. The van der Waals surface area contributed by atoms with E-state index in [4.69, 9.17) is 27.9 Å². The van der Waals surface area contributed by atoms with E-state index in [-0.39, 0.29) is 6.04 Å². The van der Waals surface area contributed by atoms with Gasteiger partial charge in [0.15, 0.2) is 0 Å². The van der Waals surface area contributed by atoms with Crippen LogP contribution in [0.15, 0.2) is 42.5 Å². The fourth-order valence-electron chi connectivity index (χ4n) is 1.98. The first-order valence-electron chi connectivity index (χ1n) is 6.42. The summed E-state index contributed by atoms with van der Waals surface area (Å²) in [4.78, 5) is 0. The number of methoxy groups -OCH3 is 1. The average Bonchev–Trinajstić information content (AvgIpc) is 2.48. The predicted octanol–water partition coefficient (Wildman–Crippen LogP) is 4.85. The number of hydrogen-bond donors (Lipinski definition) is 1. The summed E-state index contributed by atoms with van der Waals surface area (Å²) >= 11 is 12.3. The maximum atomic E-state index is 6.22. The van der Waals surface area contributed by atoms with Crippen LogP contribution in [0.3, 0.4) is 0 Å². The topological polar surface area (TPSA) is 21.3 Å². The minimum Gasteiger partial charge on any atom is -0.497 e. The van der Waals surface area contributed by atoms with Gasteiger partial charge in [-0.05, 0) is 36.2 Å². The van der Waals surface area contributed by atoms with E-state index in [0.29, 0.717) is 10.0 Å². The van der Waals surface area contributed by atoms with Gasteiger partial charge < -0.3 is 10.1 Å². The number of nitrogens with one attached hydrogen (secondary N) is 1. The van der Waals surface area contributed by atoms with E-state index in [1.807, 2.05) is 36.4 Å². The molecule has 0 spiro atoms. The van der Waals surface area contributed by atoms with Gasteiger partial charge in [-0.3, -0.25) is 0 Å². The van der Waals surface area contributed by atoms with Crippen molar-refractivity contribution in [1.29, 1.82) is 0 Å². The summed E-state index contributed by atoms with van der Waals surface area (Å²) < 4.78 is 5.14. The maximum Gasteiger partial charge on any atom is 0.118 e. The zero-order valence-electron chi connectivity index (χ0n) is 11.5. The van der Waals surface area contributed by atoms with Crippen LogP contribution in [-0.2, 0) is 6.54 Å². The van der Waals surface area contributed by atoms with Crippen LogP contribution in [-0.4, -0.2) is 7.11 Å². The third kappa shape index (κ3) is 3.66. The molecule has 0 bridgehead atoms. The van der Waals surface area contributed by atoms with Crippen LogP contribution in [0, 0.1) is 0 Å². The van der Waals surface area contributed by atoms with Gasteiger partial charge in [0, 0.05) is 12.6 Å². The lowest BCUT2D eigenvalue weighted by Gasteiger charge is -2.16. The molecular weight excluding hydrogens is 293 g/mol. The molecular formula is C16H17Cl2NO. The van der Waals surface area contributed by atoms with Gasteiger partial charge in [-0.25, -0.2) is 0 Å². The lowest BCUT2D eigenvalue weighted by Crippen LogP contribution is -2.18. The van der Waals surface area contributed by atoms with Crippen molar-refractivity contribution in [2.75, 3.05) is 7.11 Å². The summed E-state index contributed by atoms with van der Waals surface area (Å²) in [5.41, 5.74) is 2.20. The van der Waals surface area contributed by atoms with Crippen molar-refractivity contribution < 1.29 is 4.74 Å². The van der Waals surface area contributed by atoms with Crippen molar-refractivity contribution in [1.82, 2.24) is 5.32 Å². The highest BCUT2D eigenvalue weighted by atomic mass is 35.5. The first-order chi connectivity index (χ1) is 9.61. The smallest absolute Gasteiger partial charge is 0.118 e. The van der Waals surface area contributed by atoms with Crippen molar-refractivity contribution in [3.05, 3.63) is 63.6 Å². The molecule has 0 heterocycles. The van der Waals surface area contributed by atoms with Gasteiger partial charge in [0.1, 0.15) is 5.75 Å². The third-order valence-electron chi connectivity index (χ3n) is 3.22. The first kappa shape index (κ1) is 15.2. The van der Waals surface area contributed by atoms with E-state index >= 15 is 0 Å². The molecule has 1 unspecified atom stereocenters. The molecule has 4 heteroatoms. The molecule has 2 nitrogen and oxygen atoms in total. The first-order valence-corrected chi connectivity index (χ1v) is 7.17. The molecule has 2 aromatic carbocycles. The number of ether oxygens (including phenoxy) is 1. The second-order valence-electron chi connectivity index (χ2n) is 4.59. The van der Waals surface area contributed by atoms with Crippen LogP contribution in [0.25, 0.3) is 0 Å². The van der Waals surface area contributed by atoms with Crippen LogP contribution in [0.2, 0.25) is 10.0 Å². The molecule has 0 aliphatic heterocycles. The maximum absolute atomic E-state index is 6.22. The summed E-state index contributed by atoms with van der Waals surface area (Å²) in [7, 11) is 1.66. The number of hydrogen-bond acceptors (Lipinski definition) is 2. The zero-order valence-corrected chi connectivity index (χ0v) is 13.0. The van der Waals surface area contributed by atoms with Crippen LogP contribution >= 0.6 is 23.2 Å². The highest BCUT2D eigenvalue weighted by Gasteiger charge is 2.11. The van der Waals surface area contributed by atoms with Crippen LogP contribution in [0.5, 0.6) is 5.75 Å². The highest BCUT2D eigenvalue weighted by Crippen LogP contribution is 2.29. The van der Waals surface area contributed by atoms with E-state index in [0.717, 1.165) is 17.9 Å². The van der Waals surface area contributed by atoms with Gasteiger partial charge in [-0.2, -0.15) is 0 Å². The molecule has 1 N–H and O–H groups in total. The monoisotopic (exact) mass is 309 g/mol. The summed E-state index contributed by atoms with van der Waals surface area (Å²) in [6.45, 7) is 2.83. The Bertz CT molecular complexity index is 569. The zero-order chi connectivity index (χ0) is 14.5. The molecule has 2 aromatic rings. The predicted molar refractivity (Wildman–Crippen MR) is 84.7 cm³/mol. The van der Waals surface area contributed by atoms with E-state index in [1.165, 1.54) is 5.56 Å². The van der Waals surface area contributed by atoms with Crippen LogP contribution in [0.4, 0.5) is 0 Å². The third-order valence-corrected chi connectivity index (χ3v) is 4.05. The fraction of sp³-hybridized carbons (Fsp3) is 0.250. The molecule has 106 valence electrons. The fourth-order valence-corrected chi connectivity index (χ4v) is 2.45. The molecule has 20 heavy (non-hydrogen) atoms. The quantitative estimate of drug-likeness (QED) is 0.852.